The number of aromatic nitrogens is 9. The van der Waals surface area contributed by atoms with Crippen LogP contribution in [0.5, 0.6) is 0 Å². The molecule has 9 heteroatoms. The van der Waals surface area contributed by atoms with Crippen molar-refractivity contribution in [2.45, 2.75) is 0 Å². The standard InChI is InChI=1S/C47H29N9/c1-5-15-30(16-6-1)42-49-43(31-17-7-2-8-18-31)52-46(51-42)55-37-24-14-13-23-35(37)40-39(55)26-25-34-36-29-48-28-27-38(36)56(41(34)40)47-53-44(32-19-9-3-10-20-32)50-45(54-47)33-21-11-4-12-22-33/h1-29H. The van der Waals surface area contributed by atoms with Crippen LogP contribution in [0, 0.1) is 0 Å². The Balaban J connectivity index is 1.25. The summed E-state index contributed by atoms with van der Waals surface area (Å²) < 4.78 is 4.30. The van der Waals surface area contributed by atoms with Gasteiger partial charge in [0.1, 0.15) is 0 Å². The Hall–Kier alpha value is -7.91. The Morgan fingerprint density at radius 3 is 1.29 bits per heavy atom. The average molecular weight is 720 g/mol. The fourth-order valence-electron chi connectivity index (χ4n) is 7.62. The van der Waals surface area contributed by atoms with Crippen LogP contribution in [0.2, 0.25) is 0 Å². The van der Waals surface area contributed by atoms with E-state index in [1.54, 1.807) is 0 Å². The molecule has 0 aliphatic carbocycles. The molecule has 0 atom stereocenters. The summed E-state index contributed by atoms with van der Waals surface area (Å²) in [5.41, 5.74) is 7.38. The molecule has 262 valence electrons. The van der Waals surface area contributed by atoms with Crippen molar-refractivity contribution in [3.63, 3.8) is 0 Å². The van der Waals surface area contributed by atoms with Gasteiger partial charge < -0.3 is 0 Å². The molecule has 0 bridgehead atoms. The van der Waals surface area contributed by atoms with Crippen LogP contribution >= 0.6 is 0 Å². The van der Waals surface area contributed by atoms with Crippen molar-refractivity contribution in [3.05, 3.63) is 176 Å². The molecular formula is C47H29N9. The lowest BCUT2D eigenvalue weighted by molar-refractivity contribution is 0.951. The zero-order valence-electron chi connectivity index (χ0n) is 29.8. The molecule has 6 aromatic carbocycles. The second-order valence-corrected chi connectivity index (χ2v) is 13.5. The summed E-state index contributed by atoms with van der Waals surface area (Å²) in [6.45, 7) is 0. The van der Waals surface area contributed by atoms with E-state index in [2.05, 4.69) is 50.5 Å². The number of hydrogen-bond donors (Lipinski definition) is 0. The number of fused-ring (bicyclic) bond motifs is 7. The number of benzene rings is 6. The van der Waals surface area contributed by atoms with E-state index in [9.17, 15) is 0 Å². The molecule has 11 rings (SSSR count). The second-order valence-electron chi connectivity index (χ2n) is 13.5. The number of rotatable bonds is 6. The topological polar surface area (TPSA) is 100 Å². The Morgan fingerprint density at radius 1 is 0.321 bits per heavy atom. The molecule has 9 nitrogen and oxygen atoms in total. The van der Waals surface area contributed by atoms with Gasteiger partial charge in [-0.25, -0.2) is 9.97 Å². The van der Waals surface area contributed by atoms with E-state index < -0.39 is 0 Å². The highest BCUT2D eigenvalue weighted by molar-refractivity contribution is 6.25. The summed E-state index contributed by atoms with van der Waals surface area (Å²) in [4.78, 5) is 35.2. The van der Waals surface area contributed by atoms with Crippen molar-refractivity contribution in [2.75, 3.05) is 0 Å². The van der Waals surface area contributed by atoms with Crippen LogP contribution in [0.1, 0.15) is 0 Å². The van der Waals surface area contributed by atoms with Gasteiger partial charge in [0, 0.05) is 56.2 Å². The van der Waals surface area contributed by atoms with Crippen molar-refractivity contribution in [2.24, 2.45) is 0 Å². The molecule has 0 saturated carbocycles. The zero-order valence-corrected chi connectivity index (χ0v) is 29.8. The van der Waals surface area contributed by atoms with Gasteiger partial charge in [-0.3, -0.25) is 14.1 Å². The first-order chi connectivity index (χ1) is 27.8. The van der Waals surface area contributed by atoms with Gasteiger partial charge in [-0.05, 0) is 18.2 Å². The molecule has 56 heavy (non-hydrogen) atoms. The minimum atomic E-state index is 0.506. The van der Waals surface area contributed by atoms with E-state index in [1.165, 1.54) is 0 Å². The van der Waals surface area contributed by atoms with E-state index in [0.717, 1.165) is 65.9 Å². The lowest BCUT2D eigenvalue weighted by Crippen LogP contribution is -2.07. The van der Waals surface area contributed by atoms with E-state index in [4.69, 9.17) is 29.9 Å². The first-order valence-corrected chi connectivity index (χ1v) is 18.3. The molecule has 0 amide bonds. The molecule has 5 heterocycles. The normalized spacial score (nSPS) is 11.6. The number of nitrogens with zero attached hydrogens (tertiary/aromatic N) is 9. The van der Waals surface area contributed by atoms with Crippen molar-refractivity contribution in [1.82, 2.24) is 44.0 Å². The summed E-state index contributed by atoms with van der Waals surface area (Å²) in [5, 5.41) is 4.06. The number of hydrogen-bond acceptors (Lipinski definition) is 7. The third-order valence-electron chi connectivity index (χ3n) is 10.1. The monoisotopic (exact) mass is 719 g/mol. The highest BCUT2D eigenvalue weighted by Crippen LogP contribution is 2.41. The van der Waals surface area contributed by atoms with E-state index >= 15 is 0 Å². The Morgan fingerprint density at radius 2 is 0.768 bits per heavy atom. The maximum atomic E-state index is 5.19. The van der Waals surface area contributed by atoms with E-state index in [1.807, 2.05) is 140 Å². The third-order valence-corrected chi connectivity index (χ3v) is 10.1. The van der Waals surface area contributed by atoms with Gasteiger partial charge >= 0.3 is 0 Å². The summed E-state index contributed by atoms with van der Waals surface area (Å²) in [6, 6.07) is 54.9. The number of pyridine rings is 1. The minimum Gasteiger partial charge on any atom is -0.278 e. The van der Waals surface area contributed by atoms with Crippen molar-refractivity contribution in [3.8, 4) is 57.4 Å². The molecule has 11 aromatic rings. The lowest BCUT2D eigenvalue weighted by atomic mass is 10.1. The molecule has 0 saturated heterocycles. The highest BCUT2D eigenvalue weighted by atomic mass is 15.2. The molecule has 0 fully saturated rings. The maximum absolute atomic E-state index is 5.19. The zero-order chi connectivity index (χ0) is 37.0. The maximum Gasteiger partial charge on any atom is 0.238 e. The van der Waals surface area contributed by atoms with Crippen LogP contribution < -0.4 is 0 Å². The van der Waals surface area contributed by atoms with Gasteiger partial charge in [-0.15, -0.1) is 0 Å². The summed E-state index contributed by atoms with van der Waals surface area (Å²) >= 11 is 0. The molecule has 0 N–H and O–H groups in total. The summed E-state index contributed by atoms with van der Waals surface area (Å²) in [7, 11) is 0. The smallest absolute Gasteiger partial charge is 0.238 e. The van der Waals surface area contributed by atoms with E-state index in [0.29, 0.717) is 35.2 Å². The summed E-state index contributed by atoms with van der Waals surface area (Å²) in [5.74, 6) is 3.37. The first-order valence-electron chi connectivity index (χ1n) is 18.3. The summed E-state index contributed by atoms with van der Waals surface area (Å²) in [6.07, 6.45) is 3.73. The fraction of sp³-hybridized carbons (Fsp3) is 0. The average Bonchev–Trinajstić information content (AvgIpc) is 3.80. The largest absolute Gasteiger partial charge is 0.278 e. The van der Waals surface area contributed by atoms with Gasteiger partial charge in [0.2, 0.25) is 11.9 Å². The van der Waals surface area contributed by atoms with Gasteiger partial charge in [0.25, 0.3) is 0 Å². The predicted octanol–water partition coefficient (Wildman–Crippen LogP) is 10.3. The Kier molecular flexibility index (Phi) is 7.27. The van der Waals surface area contributed by atoms with Crippen molar-refractivity contribution >= 4 is 43.6 Å². The Labute approximate surface area is 320 Å². The van der Waals surface area contributed by atoms with Crippen LogP contribution in [0.25, 0.3) is 101 Å². The van der Waals surface area contributed by atoms with Gasteiger partial charge in [-0.2, -0.15) is 19.9 Å². The molecule has 0 spiro atoms. The molecule has 0 unspecified atom stereocenters. The van der Waals surface area contributed by atoms with Crippen LogP contribution in [-0.4, -0.2) is 44.0 Å². The second kappa shape index (κ2) is 12.9. The van der Waals surface area contributed by atoms with Crippen molar-refractivity contribution < 1.29 is 0 Å². The van der Waals surface area contributed by atoms with E-state index in [-0.39, 0.29) is 0 Å². The molecule has 0 radical (unpaired) electrons. The molecule has 5 aromatic heterocycles. The van der Waals surface area contributed by atoms with Crippen molar-refractivity contribution in [1.29, 1.82) is 0 Å². The van der Waals surface area contributed by atoms with Crippen LogP contribution in [0.3, 0.4) is 0 Å². The molecule has 0 aliphatic heterocycles. The van der Waals surface area contributed by atoms with Gasteiger partial charge in [-0.1, -0.05) is 146 Å². The quantitative estimate of drug-likeness (QED) is 0.169. The van der Waals surface area contributed by atoms with Gasteiger partial charge in [0.05, 0.1) is 22.1 Å². The fourth-order valence-corrected chi connectivity index (χ4v) is 7.62. The van der Waals surface area contributed by atoms with Crippen LogP contribution in [-0.2, 0) is 0 Å². The minimum absolute atomic E-state index is 0.506. The van der Waals surface area contributed by atoms with Crippen LogP contribution in [0.4, 0.5) is 0 Å². The SMILES string of the molecule is c1ccc(-c2nc(-c3ccccc3)nc(-n3c4ccccc4c4c3ccc3c5cnccc5n(-c5nc(-c6ccccc6)nc(-c6ccccc6)n5)c34)n2)cc1. The lowest BCUT2D eigenvalue weighted by Gasteiger charge is -2.12. The van der Waals surface area contributed by atoms with Crippen LogP contribution in [0.15, 0.2) is 176 Å². The highest BCUT2D eigenvalue weighted by Gasteiger charge is 2.24. The first kappa shape index (κ1) is 31.6. The predicted molar refractivity (Wildman–Crippen MR) is 221 cm³/mol. The van der Waals surface area contributed by atoms with Gasteiger partial charge in [0.15, 0.2) is 23.3 Å². The number of para-hydroxylation sites is 1. The third kappa shape index (κ3) is 5.13. The molecular weight excluding hydrogens is 691 g/mol. The Bertz CT molecular complexity index is 3120. The molecule has 0 aliphatic rings.